The first kappa shape index (κ1) is 18.8. The number of rotatable bonds is 5. The van der Waals surface area contributed by atoms with Gasteiger partial charge in [-0.1, -0.05) is 54.2 Å². The normalized spacial score (nSPS) is 10.6. The molecule has 4 rings (SSSR count). The molecule has 0 aromatic heterocycles. The Morgan fingerprint density at radius 1 is 0.724 bits per heavy atom. The monoisotopic (exact) mass is 399 g/mol. The summed E-state index contributed by atoms with van der Waals surface area (Å²) in [6.45, 7) is 0. The van der Waals surface area contributed by atoms with Crippen LogP contribution in [0.25, 0.3) is 10.8 Å². The minimum Gasteiger partial charge on any atom is -0.478 e. The molecule has 0 bridgehead atoms. The molecule has 0 radical (unpaired) electrons. The number of carbonyl (C=O) groups excluding carboxylic acids is 1. The molecule has 0 heterocycles. The lowest BCUT2D eigenvalue weighted by molar-refractivity contribution is 0.0698. The average Bonchev–Trinajstić information content (AvgIpc) is 2.74. The van der Waals surface area contributed by atoms with E-state index in [4.69, 9.17) is 0 Å². The summed E-state index contributed by atoms with van der Waals surface area (Å²) in [7, 11) is 0. The molecule has 0 fully saturated rings. The van der Waals surface area contributed by atoms with Crippen LogP contribution in [0.2, 0.25) is 0 Å². The van der Waals surface area contributed by atoms with E-state index in [2.05, 4.69) is 35.6 Å². The maximum Gasteiger partial charge on any atom is 0.337 e. The smallest absolute Gasteiger partial charge is 0.337 e. The highest BCUT2D eigenvalue weighted by atomic mass is 32.2. The van der Waals surface area contributed by atoms with Crippen LogP contribution in [0.5, 0.6) is 0 Å². The molecule has 4 aromatic rings. The number of hydrogen-bond acceptors (Lipinski definition) is 3. The van der Waals surface area contributed by atoms with Crippen LogP contribution in [0.15, 0.2) is 101 Å². The third-order valence-corrected chi connectivity index (χ3v) is 5.48. The third kappa shape index (κ3) is 4.31. The van der Waals surface area contributed by atoms with E-state index in [-0.39, 0.29) is 17.2 Å². The van der Waals surface area contributed by atoms with E-state index < -0.39 is 5.97 Å². The van der Waals surface area contributed by atoms with Crippen LogP contribution in [0.3, 0.4) is 0 Å². The van der Waals surface area contributed by atoms with Gasteiger partial charge in [0.05, 0.1) is 11.3 Å². The first-order valence-corrected chi connectivity index (χ1v) is 9.82. The molecule has 4 nitrogen and oxygen atoms in total. The third-order valence-electron chi connectivity index (χ3n) is 4.48. The minimum atomic E-state index is -1.08. The summed E-state index contributed by atoms with van der Waals surface area (Å²) in [6.07, 6.45) is 0. The fourth-order valence-corrected chi connectivity index (χ4v) is 3.88. The molecule has 142 valence electrons. The Hall–Kier alpha value is -3.57. The second-order valence-electron chi connectivity index (χ2n) is 6.44. The zero-order valence-corrected chi connectivity index (χ0v) is 16.1. The maximum atomic E-state index is 12.5. The summed E-state index contributed by atoms with van der Waals surface area (Å²) in [4.78, 5) is 25.9. The second kappa shape index (κ2) is 8.20. The number of carbonyl (C=O) groups is 2. The highest BCUT2D eigenvalue weighted by molar-refractivity contribution is 7.99. The fourth-order valence-electron chi connectivity index (χ4n) is 3.01. The molecule has 0 aliphatic heterocycles. The molecule has 29 heavy (non-hydrogen) atoms. The van der Waals surface area contributed by atoms with Gasteiger partial charge in [0.25, 0.3) is 5.91 Å². The highest BCUT2D eigenvalue weighted by Crippen LogP contribution is 2.30. The summed E-state index contributed by atoms with van der Waals surface area (Å²) in [5.41, 5.74) is 0.803. The van der Waals surface area contributed by atoms with Crippen molar-refractivity contribution in [1.29, 1.82) is 0 Å². The quantitative estimate of drug-likeness (QED) is 0.436. The van der Waals surface area contributed by atoms with Gasteiger partial charge < -0.3 is 10.4 Å². The van der Waals surface area contributed by atoms with E-state index in [0.29, 0.717) is 5.56 Å². The van der Waals surface area contributed by atoms with Crippen LogP contribution < -0.4 is 5.32 Å². The van der Waals surface area contributed by atoms with Gasteiger partial charge >= 0.3 is 5.97 Å². The number of anilines is 1. The van der Waals surface area contributed by atoms with E-state index in [9.17, 15) is 14.7 Å². The van der Waals surface area contributed by atoms with E-state index in [1.165, 1.54) is 16.8 Å². The summed E-state index contributed by atoms with van der Waals surface area (Å²) in [5, 5.41) is 14.3. The molecule has 0 saturated heterocycles. The van der Waals surface area contributed by atoms with Gasteiger partial charge in [-0.2, -0.15) is 0 Å². The summed E-state index contributed by atoms with van der Waals surface area (Å²) >= 11 is 1.62. The topological polar surface area (TPSA) is 66.4 Å². The Kier molecular flexibility index (Phi) is 5.31. The van der Waals surface area contributed by atoms with Crippen molar-refractivity contribution in [2.75, 3.05) is 5.32 Å². The highest BCUT2D eigenvalue weighted by Gasteiger charge is 2.13. The number of carboxylic acid groups (broad SMARTS) is 1. The lowest BCUT2D eigenvalue weighted by Gasteiger charge is -2.09. The van der Waals surface area contributed by atoms with E-state index in [1.807, 2.05) is 24.3 Å². The second-order valence-corrected chi connectivity index (χ2v) is 7.59. The molecule has 0 atom stereocenters. The van der Waals surface area contributed by atoms with Gasteiger partial charge in [-0.05, 0) is 59.3 Å². The zero-order chi connectivity index (χ0) is 20.2. The number of carboxylic acids is 1. The van der Waals surface area contributed by atoms with Gasteiger partial charge in [0, 0.05) is 15.4 Å². The Morgan fingerprint density at radius 3 is 2.14 bits per heavy atom. The van der Waals surface area contributed by atoms with Crippen molar-refractivity contribution >= 4 is 40.1 Å². The van der Waals surface area contributed by atoms with Crippen LogP contribution in [0.4, 0.5) is 5.69 Å². The number of fused-ring (bicyclic) bond motifs is 1. The number of para-hydroxylation sites is 1. The van der Waals surface area contributed by atoms with Gasteiger partial charge in [0.1, 0.15) is 0 Å². The van der Waals surface area contributed by atoms with Crippen LogP contribution in [0.1, 0.15) is 20.7 Å². The fraction of sp³-hybridized carbons (Fsp3) is 0. The molecule has 0 unspecified atom stereocenters. The first-order valence-electron chi connectivity index (χ1n) is 9.00. The molecule has 0 aliphatic carbocycles. The van der Waals surface area contributed by atoms with Crippen LogP contribution in [0, 0.1) is 0 Å². The number of nitrogens with one attached hydrogen (secondary N) is 1. The van der Waals surface area contributed by atoms with Gasteiger partial charge in [-0.3, -0.25) is 4.79 Å². The van der Waals surface area contributed by atoms with Crippen molar-refractivity contribution in [2.24, 2.45) is 0 Å². The molecule has 5 heteroatoms. The van der Waals surface area contributed by atoms with Crippen molar-refractivity contribution in [1.82, 2.24) is 0 Å². The van der Waals surface area contributed by atoms with E-state index in [1.54, 1.807) is 42.1 Å². The summed E-state index contributed by atoms with van der Waals surface area (Å²) < 4.78 is 0. The maximum absolute atomic E-state index is 12.5. The first-order chi connectivity index (χ1) is 14.1. The molecular formula is C24H17NO3S. The Labute approximate surface area is 172 Å². The molecule has 0 saturated carbocycles. The van der Waals surface area contributed by atoms with Crippen LogP contribution in [-0.4, -0.2) is 17.0 Å². The van der Waals surface area contributed by atoms with E-state index in [0.717, 1.165) is 9.79 Å². The number of hydrogen-bond donors (Lipinski definition) is 2. The number of aromatic carboxylic acids is 1. The summed E-state index contributed by atoms with van der Waals surface area (Å²) in [5.74, 6) is -1.43. The zero-order valence-electron chi connectivity index (χ0n) is 15.3. The largest absolute Gasteiger partial charge is 0.478 e. The summed E-state index contributed by atoms with van der Waals surface area (Å²) in [6, 6.07) is 28.1. The molecule has 0 aliphatic rings. The van der Waals surface area contributed by atoms with Crippen molar-refractivity contribution < 1.29 is 14.7 Å². The van der Waals surface area contributed by atoms with Crippen molar-refractivity contribution in [3.63, 3.8) is 0 Å². The van der Waals surface area contributed by atoms with Crippen molar-refractivity contribution in [3.8, 4) is 0 Å². The standard InChI is InChI=1S/C24H17NO3S/c26-23(25-22-8-4-3-7-21(22)24(27)28)17-10-12-19(13-11-17)29-20-14-9-16-5-1-2-6-18(16)15-20/h1-15H,(H,25,26)(H,27,28). The lowest BCUT2D eigenvalue weighted by Crippen LogP contribution is -2.14. The Bertz CT molecular complexity index is 1200. The van der Waals surface area contributed by atoms with Gasteiger partial charge in [-0.15, -0.1) is 0 Å². The molecular weight excluding hydrogens is 382 g/mol. The molecule has 0 spiro atoms. The van der Waals surface area contributed by atoms with Gasteiger partial charge in [-0.25, -0.2) is 4.79 Å². The van der Waals surface area contributed by atoms with E-state index >= 15 is 0 Å². The SMILES string of the molecule is O=C(Nc1ccccc1C(=O)O)c1ccc(Sc2ccc3ccccc3c2)cc1. The average molecular weight is 399 g/mol. The van der Waals surface area contributed by atoms with Crippen LogP contribution >= 0.6 is 11.8 Å². The van der Waals surface area contributed by atoms with Gasteiger partial charge in [0.15, 0.2) is 0 Å². The van der Waals surface area contributed by atoms with Gasteiger partial charge in [0.2, 0.25) is 0 Å². The Morgan fingerprint density at radius 2 is 1.38 bits per heavy atom. The van der Waals surface area contributed by atoms with Crippen molar-refractivity contribution in [2.45, 2.75) is 9.79 Å². The van der Waals surface area contributed by atoms with Crippen molar-refractivity contribution in [3.05, 3.63) is 102 Å². The lowest BCUT2D eigenvalue weighted by atomic mass is 10.1. The number of amides is 1. The molecule has 2 N–H and O–H groups in total. The number of benzene rings is 4. The molecule has 1 amide bonds. The molecule has 4 aromatic carbocycles. The van der Waals surface area contributed by atoms with Crippen LogP contribution in [-0.2, 0) is 0 Å². The Balaban J connectivity index is 1.48. The predicted octanol–water partition coefficient (Wildman–Crippen LogP) is 5.94. The minimum absolute atomic E-state index is 0.0596. The predicted molar refractivity (Wildman–Crippen MR) is 116 cm³/mol.